The molecule has 3 saturated carbocycles. The summed E-state index contributed by atoms with van der Waals surface area (Å²) in [5.74, 6) is -0.409. The van der Waals surface area contributed by atoms with Gasteiger partial charge >= 0.3 is 5.97 Å². The number of ketones is 2. The number of halogens is 6. The summed E-state index contributed by atoms with van der Waals surface area (Å²) in [5.41, 5.74) is 6.50. The van der Waals surface area contributed by atoms with Crippen LogP contribution < -0.4 is 0 Å². The van der Waals surface area contributed by atoms with Crippen LogP contribution in [-0.2, 0) is 20.9 Å². The molecule has 2 heterocycles. The fraction of sp³-hybridized carbons (Fsp3) is 0.311. The zero-order chi connectivity index (χ0) is 59.5. The lowest BCUT2D eigenvalue weighted by Gasteiger charge is -2.07. The lowest BCUT2D eigenvalue weighted by Crippen LogP contribution is -2.08. The molecule has 0 amide bonds. The largest absolute Gasteiger partial charge is 0.462 e. The van der Waals surface area contributed by atoms with E-state index < -0.39 is 23.4 Å². The predicted octanol–water partition coefficient (Wildman–Crippen LogP) is 14.3. The normalized spacial score (nSPS) is 13.3. The monoisotopic (exact) mass is 1140 g/mol. The number of aryl methyl sites for hydroxylation is 5. The summed E-state index contributed by atoms with van der Waals surface area (Å²) < 4.78 is 82.3. The number of Topliss-reactive ketones (excluding diaryl/α,β-unsaturated/α-hetero) is 2. The van der Waals surface area contributed by atoms with E-state index in [2.05, 4.69) is 20.6 Å². The molecule has 0 bridgehead atoms. The van der Waals surface area contributed by atoms with E-state index in [1.807, 2.05) is 13.0 Å². The molecule has 5 aromatic carbocycles. The Balaban J connectivity index is 0.000000184. The summed E-state index contributed by atoms with van der Waals surface area (Å²) in [7, 11) is 0. The number of benzene rings is 5. The third-order valence-corrected chi connectivity index (χ3v) is 13.1. The molecule has 0 saturated heterocycles. The minimum atomic E-state index is -0.502. The van der Waals surface area contributed by atoms with Crippen LogP contribution in [-0.4, -0.2) is 67.6 Å². The third-order valence-electron chi connectivity index (χ3n) is 12.8. The van der Waals surface area contributed by atoms with Crippen LogP contribution in [0.25, 0.3) is 22.5 Å². The fourth-order valence-electron chi connectivity index (χ4n) is 8.10. The topological polar surface area (TPSA) is 215 Å². The fourth-order valence-corrected chi connectivity index (χ4v) is 8.34. The summed E-state index contributed by atoms with van der Waals surface area (Å²) in [6.07, 6.45) is 7.81. The summed E-state index contributed by atoms with van der Waals surface area (Å²) in [5, 5.41) is 39.2. The molecule has 3 N–H and O–H groups in total. The van der Waals surface area contributed by atoms with E-state index in [4.69, 9.17) is 35.8 Å². The molecule has 3 aliphatic carbocycles. The molecule has 428 valence electrons. The van der Waals surface area contributed by atoms with Gasteiger partial charge in [-0.05, 0) is 145 Å². The molecule has 14 nitrogen and oxygen atoms in total. The first kappa shape index (κ1) is 63.7. The summed E-state index contributed by atoms with van der Waals surface area (Å²) in [6.45, 7) is 12.0. The number of carbonyl (C=O) groups is 4. The van der Waals surface area contributed by atoms with Gasteiger partial charge in [-0.25, -0.2) is 26.7 Å². The van der Waals surface area contributed by atoms with Crippen molar-refractivity contribution in [3.63, 3.8) is 0 Å². The highest BCUT2D eigenvalue weighted by Crippen LogP contribution is 2.46. The summed E-state index contributed by atoms with van der Waals surface area (Å²) in [4.78, 5) is 43.6. The minimum Gasteiger partial charge on any atom is -0.462 e. The number of oxime groups is 2. The average Bonchev–Trinajstić information content (AvgIpc) is 4.53. The van der Waals surface area contributed by atoms with Crippen molar-refractivity contribution >= 4 is 46.8 Å². The van der Waals surface area contributed by atoms with Crippen LogP contribution in [0.2, 0.25) is 0 Å². The highest BCUT2D eigenvalue weighted by Gasteiger charge is 2.37. The molecule has 0 atom stereocenters. The van der Waals surface area contributed by atoms with Crippen molar-refractivity contribution in [2.24, 2.45) is 16.2 Å². The Morgan fingerprint density at radius 1 is 0.642 bits per heavy atom. The lowest BCUT2D eigenvalue weighted by molar-refractivity contribution is -0.126. The van der Waals surface area contributed by atoms with E-state index in [0.717, 1.165) is 61.6 Å². The number of aliphatic hydroxyl groups is 1. The van der Waals surface area contributed by atoms with Crippen LogP contribution in [0.1, 0.15) is 147 Å². The van der Waals surface area contributed by atoms with E-state index in [9.17, 15) is 46.2 Å². The number of esters is 1. The number of nitrogens with zero attached hydrogens (tertiary/aromatic N) is 4. The molecular weight excluding hydrogens is 1080 g/mol. The number of hydrogen-bond acceptors (Lipinski definition) is 14. The highest BCUT2D eigenvalue weighted by atomic mass is 35.5. The van der Waals surface area contributed by atoms with E-state index in [0.29, 0.717) is 62.6 Å². The molecular formula is C61H62ClF5N4O10. The van der Waals surface area contributed by atoms with Crippen LogP contribution in [0.4, 0.5) is 22.0 Å². The van der Waals surface area contributed by atoms with E-state index in [1.54, 1.807) is 89.2 Å². The van der Waals surface area contributed by atoms with Crippen molar-refractivity contribution in [3.05, 3.63) is 187 Å². The van der Waals surface area contributed by atoms with Gasteiger partial charge in [0.05, 0.1) is 37.0 Å². The van der Waals surface area contributed by atoms with Crippen LogP contribution in [0, 0.1) is 69.6 Å². The van der Waals surface area contributed by atoms with Gasteiger partial charge < -0.3 is 29.3 Å². The second kappa shape index (κ2) is 30.4. The number of aromatic nitrogens is 2. The Kier molecular flexibility index (Phi) is 23.9. The van der Waals surface area contributed by atoms with Gasteiger partial charge in [-0.15, -0.1) is 0 Å². The standard InChI is InChI=1S/C16H16FNO3.C14H14FNO2.C8H7ClFNO.C8H8FNO.C8H7FO.C7H10O2/c1-3-20-16(19)13-14(18-21-15(13)10-7-8-10)12-9(2)5-4-6-11(12)17;1-8-3-2-4-11(15)12(8)13-10(7-17)14(18-16-13)9-5-6-9;1-5-3-2-4-6(10)7(5)8(9)11-12;1-6-3-2-4-8(9)7(6)5-10-11;1-6-3-2-4-8(9)7(6)5-10;1-5(8)4-7(9)6-2-3-6/h4-6,10H,3,7-8H2,1-2H3;2-4,9,17H,5-7H2,1H3;2-4,12H,1H3;2-5,11H,1H3;2-5H,1H3;6H,2-4H2,1H3/b;;11-8-;10-5+;;. The Labute approximate surface area is 470 Å². The van der Waals surface area contributed by atoms with Gasteiger partial charge in [0.25, 0.3) is 0 Å². The molecule has 3 fully saturated rings. The Bertz CT molecular complexity index is 3280. The van der Waals surface area contributed by atoms with Crippen molar-refractivity contribution < 1.29 is 70.4 Å². The van der Waals surface area contributed by atoms with Crippen LogP contribution in [0.3, 0.4) is 0 Å². The number of hydrogen-bond donors (Lipinski definition) is 3. The highest BCUT2D eigenvalue weighted by molar-refractivity contribution is 6.69. The smallest absolute Gasteiger partial charge is 0.344 e. The SMILES string of the molecule is CC(=O)CC(=O)C1CC1.CCOC(=O)c1c(-c2c(C)cccc2F)noc1C1CC1.Cc1cccc(F)c1-c1noc(C2CC2)c1CO.Cc1cccc(F)c1/C(Cl)=N/O.Cc1cccc(F)c1/C=N/O.Cc1cccc(F)c1C=O. The molecule has 0 unspecified atom stereocenters. The maximum atomic E-state index is 14.2. The third kappa shape index (κ3) is 17.7. The molecule has 3 aliphatic rings. The van der Waals surface area contributed by atoms with Gasteiger partial charge in [0.15, 0.2) is 17.2 Å². The quantitative estimate of drug-likeness (QED) is 0.0187. The van der Waals surface area contributed by atoms with Gasteiger partial charge in [-0.3, -0.25) is 14.4 Å². The first-order chi connectivity index (χ1) is 38.7. The zero-order valence-electron chi connectivity index (χ0n) is 45.7. The average molecular weight is 1140 g/mol. The van der Waals surface area contributed by atoms with E-state index >= 15 is 0 Å². The molecule has 0 spiro atoms. The van der Waals surface area contributed by atoms with Crippen LogP contribution in [0.5, 0.6) is 0 Å². The van der Waals surface area contributed by atoms with Gasteiger partial charge in [0.1, 0.15) is 63.4 Å². The lowest BCUT2D eigenvalue weighted by atomic mass is 10.00. The first-order valence-corrected chi connectivity index (χ1v) is 26.2. The molecule has 0 aliphatic heterocycles. The Morgan fingerprint density at radius 2 is 1.10 bits per heavy atom. The van der Waals surface area contributed by atoms with Gasteiger partial charge in [0.2, 0.25) is 0 Å². The van der Waals surface area contributed by atoms with Crippen molar-refractivity contribution in [2.75, 3.05) is 6.61 Å². The summed E-state index contributed by atoms with van der Waals surface area (Å²) >= 11 is 5.46. The van der Waals surface area contributed by atoms with Gasteiger partial charge in [0, 0.05) is 40.0 Å². The zero-order valence-corrected chi connectivity index (χ0v) is 46.4. The van der Waals surface area contributed by atoms with E-state index in [-0.39, 0.29) is 82.2 Å². The van der Waals surface area contributed by atoms with Crippen molar-refractivity contribution in [2.45, 2.75) is 112 Å². The Morgan fingerprint density at radius 3 is 1.52 bits per heavy atom. The number of ether oxygens (including phenoxy) is 1. The van der Waals surface area contributed by atoms with Gasteiger partial charge in [-0.1, -0.05) is 92.9 Å². The predicted molar refractivity (Wildman–Crippen MR) is 294 cm³/mol. The Hall–Kier alpha value is -8.16. The number of aldehydes is 1. The molecule has 10 rings (SSSR count). The second-order valence-electron chi connectivity index (χ2n) is 19.2. The maximum absolute atomic E-state index is 14.2. The van der Waals surface area contributed by atoms with Crippen molar-refractivity contribution in [3.8, 4) is 22.5 Å². The second-order valence-corrected chi connectivity index (χ2v) is 19.5. The van der Waals surface area contributed by atoms with Gasteiger partial charge in [-0.2, -0.15) is 0 Å². The maximum Gasteiger partial charge on any atom is 0.344 e. The number of rotatable bonds is 13. The molecule has 2 aromatic heterocycles. The summed E-state index contributed by atoms with van der Waals surface area (Å²) in [6, 6.07) is 23.4. The number of carbonyl (C=O) groups excluding carboxylic acids is 4. The van der Waals surface area contributed by atoms with Crippen molar-refractivity contribution in [1.82, 2.24) is 10.3 Å². The number of aliphatic hydroxyl groups excluding tert-OH is 1. The molecule has 81 heavy (non-hydrogen) atoms. The molecule has 0 radical (unpaired) electrons. The van der Waals surface area contributed by atoms with Crippen LogP contribution >= 0.6 is 11.6 Å². The van der Waals surface area contributed by atoms with Crippen LogP contribution in [0.15, 0.2) is 110 Å². The molecule has 20 heteroatoms. The van der Waals surface area contributed by atoms with E-state index in [1.165, 1.54) is 37.3 Å². The molecule has 7 aromatic rings. The van der Waals surface area contributed by atoms with Crippen molar-refractivity contribution in [1.29, 1.82) is 0 Å². The minimum absolute atomic E-state index is 0.00750. The first-order valence-electron chi connectivity index (χ1n) is 25.8.